The molecule has 1 aliphatic rings. The van der Waals surface area contributed by atoms with Crippen LogP contribution in [0.3, 0.4) is 0 Å². The molecule has 92 valence electrons. The van der Waals surface area contributed by atoms with Crippen molar-refractivity contribution in [1.82, 2.24) is 5.32 Å². The molecule has 0 amide bonds. The van der Waals surface area contributed by atoms with Crippen LogP contribution in [0.25, 0.3) is 0 Å². The second-order valence-electron chi connectivity index (χ2n) is 4.36. The van der Waals surface area contributed by atoms with E-state index in [1.807, 2.05) is 0 Å². The Balaban J connectivity index is 1.79. The standard InChI is InChI=1S/C13H17NO3/c15-13(16)12-11(6-7-17-12)9-14-8-10-4-2-1-3-5-10/h1-2,6-7,10,14H,3-5,8-9H2,(H,15,16). The van der Waals surface area contributed by atoms with Crippen molar-refractivity contribution in [2.24, 2.45) is 5.92 Å². The molecule has 0 spiro atoms. The summed E-state index contributed by atoms with van der Waals surface area (Å²) < 4.78 is 4.92. The summed E-state index contributed by atoms with van der Waals surface area (Å²) in [6.07, 6.45) is 9.33. The topological polar surface area (TPSA) is 62.5 Å². The van der Waals surface area contributed by atoms with Crippen molar-refractivity contribution in [1.29, 1.82) is 0 Å². The molecular formula is C13H17NO3. The number of carboxylic acid groups (broad SMARTS) is 1. The van der Waals surface area contributed by atoms with Gasteiger partial charge in [-0.2, -0.15) is 0 Å². The smallest absolute Gasteiger partial charge is 0.372 e. The molecule has 0 bridgehead atoms. The lowest BCUT2D eigenvalue weighted by molar-refractivity contribution is 0.0660. The Hall–Kier alpha value is -1.55. The maximum atomic E-state index is 10.8. The van der Waals surface area contributed by atoms with Gasteiger partial charge in [-0.25, -0.2) is 4.79 Å². The Morgan fingerprint density at radius 1 is 1.53 bits per heavy atom. The largest absolute Gasteiger partial charge is 0.475 e. The van der Waals surface area contributed by atoms with Crippen LogP contribution in [-0.4, -0.2) is 17.6 Å². The predicted octanol–water partition coefficient (Wildman–Crippen LogP) is 2.42. The maximum absolute atomic E-state index is 10.8. The number of rotatable bonds is 5. The molecule has 1 unspecified atom stereocenters. The van der Waals surface area contributed by atoms with Gasteiger partial charge in [-0.1, -0.05) is 12.2 Å². The molecule has 4 nitrogen and oxygen atoms in total. The minimum atomic E-state index is -1.01. The zero-order valence-electron chi connectivity index (χ0n) is 9.69. The fourth-order valence-electron chi connectivity index (χ4n) is 2.12. The van der Waals surface area contributed by atoms with E-state index in [9.17, 15) is 4.79 Å². The second-order valence-corrected chi connectivity index (χ2v) is 4.36. The van der Waals surface area contributed by atoms with E-state index >= 15 is 0 Å². The molecule has 17 heavy (non-hydrogen) atoms. The van der Waals surface area contributed by atoms with E-state index in [4.69, 9.17) is 9.52 Å². The number of nitrogens with one attached hydrogen (secondary N) is 1. The molecule has 1 aromatic heterocycles. The number of furan rings is 1. The third kappa shape index (κ3) is 3.20. The van der Waals surface area contributed by atoms with Crippen LogP contribution in [0.15, 0.2) is 28.9 Å². The highest BCUT2D eigenvalue weighted by Gasteiger charge is 2.14. The van der Waals surface area contributed by atoms with E-state index < -0.39 is 5.97 Å². The minimum Gasteiger partial charge on any atom is -0.475 e. The van der Waals surface area contributed by atoms with Crippen LogP contribution >= 0.6 is 0 Å². The summed E-state index contributed by atoms with van der Waals surface area (Å²) in [4.78, 5) is 10.8. The first-order valence-electron chi connectivity index (χ1n) is 5.92. The fraction of sp³-hybridized carbons (Fsp3) is 0.462. The fourth-order valence-corrected chi connectivity index (χ4v) is 2.12. The van der Waals surface area contributed by atoms with Crippen LogP contribution in [-0.2, 0) is 6.54 Å². The van der Waals surface area contributed by atoms with Crippen molar-refractivity contribution in [2.75, 3.05) is 6.54 Å². The van der Waals surface area contributed by atoms with Gasteiger partial charge in [0.1, 0.15) is 0 Å². The first kappa shape index (κ1) is 11.9. The van der Waals surface area contributed by atoms with Crippen LogP contribution in [0.4, 0.5) is 0 Å². The van der Waals surface area contributed by atoms with E-state index in [-0.39, 0.29) is 5.76 Å². The average Bonchev–Trinajstić information content (AvgIpc) is 2.79. The van der Waals surface area contributed by atoms with Crippen molar-refractivity contribution in [2.45, 2.75) is 25.8 Å². The highest BCUT2D eigenvalue weighted by atomic mass is 16.4. The van der Waals surface area contributed by atoms with Gasteiger partial charge in [0.2, 0.25) is 5.76 Å². The summed E-state index contributed by atoms with van der Waals surface area (Å²) in [5.41, 5.74) is 0.712. The van der Waals surface area contributed by atoms with Gasteiger partial charge >= 0.3 is 5.97 Å². The molecule has 0 saturated heterocycles. The van der Waals surface area contributed by atoms with Crippen LogP contribution in [0.1, 0.15) is 35.4 Å². The molecule has 1 atom stereocenters. The number of allylic oxidation sites excluding steroid dienone is 2. The Morgan fingerprint density at radius 2 is 2.41 bits per heavy atom. The SMILES string of the molecule is O=C(O)c1occc1CNCC1CC=CCC1. The normalized spacial score (nSPS) is 19.4. The third-order valence-electron chi connectivity index (χ3n) is 3.07. The highest BCUT2D eigenvalue weighted by molar-refractivity contribution is 5.86. The molecular weight excluding hydrogens is 218 g/mol. The first-order valence-corrected chi connectivity index (χ1v) is 5.92. The summed E-state index contributed by atoms with van der Waals surface area (Å²) >= 11 is 0. The quantitative estimate of drug-likeness (QED) is 0.769. The van der Waals surface area contributed by atoms with Crippen LogP contribution < -0.4 is 5.32 Å². The van der Waals surface area contributed by atoms with Crippen molar-refractivity contribution < 1.29 is 14.3 Å². The lowest BCUT2D eigenvalue weighted by atomic mass is 9.94. The molecule has 0 aromatic carbocycles. The van der Waals surface area contributed by atoms with E-state index in [2.05, 4.69) is 17.5 Å². The van der Waals surface area contributed by atoms with Gasteiger partial charge in [-0.3, -0.25) is 0 Å². The molecule has 1 aliphatic carbocycles. The lowest BCUT2D eigenvalue weighted by Gasteiger charge is -2.17. The van der Waals surface area contributed by atoms with E-state index in [0.717, 1.165) is 19.4 Å². The number of carboxylic acids is 1. The van der Waals surface area contributed by atoms with E-state index in [0.29, 0.717) is 18.0 Å². The van der Waals surface area contributed by atoms with E-state index in [1.54, 1.807) is 6.07 Å². The van der Waals surface area contributed by atoms with Gasteiger partial charge in [0, 0.05) is 12.1 Å². The monoisotopic (exact) mass is 235 g/mol. The van der Waals surface area contributed by atoms with Crippen molar-refractivity contribution in [3.8, 4) is 0 Å². The van der Waals surface area contributed by atoms with Gasteiger partial charge in [-0.05, 0) is 37.8 Å². The van der Waals surface area contributed by atoms with E-state index in [1.165, 1.54) is 12.7 Å². The summed E-state index contributed by atoms with van der Waals surface area (Å²) in [5.74, 6) is -0.298. The van der Waals surface area contributed by atoms with Crippen molar-refractivity contribution >= 4 is 5.97 Å². The number of carbonyl (C=O) groups is 1. The van der Waals surface area contributed by atoms with Gasteiger partial charge < -0.3 is 14.8 Å². The van der Waals surface area contributed by atoms with Crippen LogP contribution in [0.2, 0.25) is 0 Å². The van der Waals surface area contributed by atoms with Crippen molar-refractivity contribution in [3.63, 3.8) is 0 Å². The Bertz CT molecular complexity index is 409. The zero-order valence-corrected chi connectivity index (χ0v) is 9.69. The van der Waals surface area contributed by atoms with Gasteiger partial charge in [0.25, 0.3) is 0 Å². The summed E-state index contributed by atoms with van der Waals surface area (Å²) in [7, 11) is 0. The minimum absolute atomic E-state index is 0.0426. The Kier molecular flexibility index (Phi) is 3.98. The summed E-state index contributed by atoms with van der Waals surface area (Å²) in [5, 5.41) is 12.2. The maximum Gasteiger partial charge on any atom is 0.372 e. The molecule has 1 heterocycles. The Morgan fingerprint density at radius 3 is 3.12 bits per heavy atom. The number of hydrogen-bond acceptors (Lipinski definition) is 3. The average molecular weight is 235 g/mol. The zero-order chi connectivity index (χ0) is 12.1. The number of hydrogen-bond donors (Lipinski definition) is 2. The van der Waals surface area contributed by atoms with Crippen LogP contribution in [0.5, 0.6) is 0 Å². The first-order chi connectivity index (χ1) is 8.27. The molecule has 0 aliphatic heterocycles. The third-order valence-corrected chi connectivity index (χ3v) is 3.07. The van der Waals surface area contributed by atoms with Gasteiger partial charge in [0.05, 0.1) is 6.26 Å². The number of aromatic carboxylic acids is 1. The van der Waals surface area contributed by atoms with Gasteiger partial charge in [-0.15, -0.1) is 0 Å². The summed E-state index contributed by atoms with van der Waals surface area (Å²) in [6, 6.07) is 1.71. The highest BCUT2D eigenvalue weighted by Crippen LogP contribution is 2.17. The second kappa shape index (κ2) is 5.68. The molecule has 0 radical (unpaired) electrons. The molecule has 4 heteroatoms. The molecule has 2 N–H and O–H groups in total. The van der Waals surface area contributed by atoms with Crippen LogP contribution in [0, 0.1) is 5.92 Å². The molecule has 2 rings (SSSR count). The molecule has 0 fully saturated rings. The van der Waals surface area contributed by atoms with Gasteiger partial charge in [0.15, 0.2) is 0 Å². The Labute approximate surface area is 100 Å². The molecule has 0 saturated carbocycles. The summed E-state index contributed by atoms with van der Waals surface area (Å²) in [6.45, 7) is 1.48. The lowest BCUT2D eigenvalue weighted by Crippen LogP contribution is -2.23. The molecule has 1 aromatic rings. The predicted molar refractivity (Wildman–Crippen MR) is 63.9 cm³/mol. The van der Waals surface area contributed by atoms with Crippen molar-refractivity contribution in [3.05, 3.63) is 35.8 Å².